The van der Waals surface area contributed by atoms with E-state index >= 15 is 0 Å². The number of amides is 3. The van der Waals surface area contributed by atoms with Gasteiger partial charge in [-0.05, 0) is 97.5 Å². The predicted molar refractivity (Wildman–Crippen MR) is 213 cm³/mol. The summed E-state index contributed by atoms with van der Waals surface area (Å²) in [5.74, 6) is -1.13. The van der Waals surface area contributed by atoms with Crippen LogP contribution < -0.4 is 10.1 Å². The van der Waals surface area contributed by atoms with Crippen molar-refractivity contribution >= 4 is 84.2 Å². The summed E-state index contributed by atoms with van der Waals surface area (Å²) < 4.78 is 7.26. The molecular formula is C40H32Br2ClN3O4S. The van der Waals surface area contributed by atoms with E-state index in [0.717, 1.165) is 28.5 Å². The van der Waals surface area contributed by atoms with Crippen LogP contribution in [-0.4, -0.2) is 33.5 Å². The molecule has 7 nitrogen and oxygen atoms in total. The van der Waals surface area contributed by atoms with Gasteiger partial charge >= 0.3 is 0 Å². The van der Waals surface area contributed by atoms with E-state index in [9.17, 15) is 14.4 Å². The van der Waals surface area contributed by atoms with Gasteiger partial charge in [0, 0.05) is 10.7 Å². The van der Waals surface area contributed by atoms with Gasteiger partial charge in [0.1, 0.15) is 17.9 Å². The van der Waals surface area contributed by atoms with Crippen molar-refractivity contribution in [2.24, 2.45) is 4.99 Å². The van der Waals surface area contributed by atoms with Gasteiger partial charge < -0.3 is 10.1 Å². The van der Waals surface area contributed by atoms with Gasteiger partial charge in [-0.25, -0.2) is 0 Å². The van der Waals surface area contributed by atoms with Crippen molar-refractivity contribution in [2.45, 2.75) is 19.6 Å². The molecule has 1 heterocycles. The molecule has 0 aliphatic carbocycles. The number of carbonyl (C=O) groups is 3. The number of amidine groups is 1. The Labute approximate surface area is 323 Å². The SMILES string of the molecule is C=C/C=C\C(=C/C)N1C(=O)/C(=C/c2cc(Br)c(OCc3ccc(Cl)cc3)c(Br)c2)C(=O)N=C1SCC(=O)NC(c1ccccc1)c1ccccc1. The molecule has 0 unspecified atom stereocenters. The van der Waals surface area contributed by atoms with Crippen molar-refractivity contribution in [1.82, 2.24) is 10.2 Å². The molecule has 4 aromatic rings. The number of thioether (sulfide) groups is 1. The van der Waals surface area contributed by atoms with E-state index in [4.69, 9.17) is 16.3 Å². The summed E-state index contributed by atoms with van der Waals surface area (Å²) >= 11 is 14.1. The lowest BCUT2D eigenvalue weighted by molar-refractivity contribution is -0.126. The number of rotatable bonds is 12. The van der Waals surface area contributed by atoms with Gasteiger partial charge in [0.2, 0.25) is 5.91 Å². The lowest BCUT2D eigenvalue weighted by Crippen LogP contribution is -2.42. The molecule has 0 aromatic heterocycles. The third kappa shape index (κ3) is 9.86. The Morgan fingerprint density at radius 3 is 2.16 bits per heavy atom. The minimum Gasteiger partial charge on any atom is -0.487 e. The van der Waals surface area contributed by atoms with Crippen LogP contribution >= 0.6 is 55.2 Å². The first kappa shape index (κ1) is 37.8. The number of nitrogens with one attached hydrogen (secondary N) is 1. The van der Waals surface area contributed by atoms with E-state index in [0.29, 0.717) is 37.6 Å². The molecular weight excluding hydrogens is 814 g/mol. The van der Waals surface area contributed by atoms with Crippen LogP contribution in [-0.2, 0) is 21.0 Å². The standard InChI is InChI=1S/C40H32Br2ClN3O4S/c1-3-5-16-31(4-2)46-39(49)32(21-27-22-33(41)37(34(42)23-27)50-24-26-17-19-30(43)20-18-26)38(48)45-40(46)51-25-35(47)44-36(28-12-8-6-9-13-28)29-14-10-7-11-15-29/h3-23,36H,1,24-25H2,2H3,(H,44,47)/b16-5-,31-4+,32-21+. The van der Waals surface area contributed by atoms with Crippen molar-refractivity contribution in [1.29, 1.82) is 0 Å². The van der Waals surface area contributed by atoms with Gasteiger partial charge in [0.25, 0.3) is 11.8 Å². The summed E-state index contributed by atoms with van der Waals surface area (Å²) in [6.07, 6.45) is 8.16. The summed E-state index contributed by atoms with van der Waals surface area (Å²) in [6, 6.07) is 29.8. The predicted octanol–water partition coefficient (Wildman–Crippen LogP) is 9.84. The molecule has 51 heavy (non-hydrogen) atoms. The fourth-order valence-electron chi connectivity index (χ4n) is 5.10. The largest absolute Gasteiger partial charge is 0.487 e. The fourth-order valence-corrected chi connectivity index (χ4v) is 7.48. The fraction of sp³-hybridized carbons (Fsp3) is 0.100. The van der Waals surface area contributed by atoms with Crippen LogP contribution in [0.5, 0.6) is 5.75 Å². The smallest absolute Gasteiger partial charge is 0.285 e. The van der Waals surface area contributed by atoms with Crippen LogP contribution in [0, 0.1) is 0 Å². The first-order valence-corrected chi connectivity index (χ1v) is 18.7. The molecule has 5 rings (SSSR count). The second-order valence-corrected chi connectivity index (χ2v) is 14.1. The van der Waals surface area contributed by atoms with Crippen molar-refractivity contribution in [2.75, 3.05) is 5.75 Å². The lowest BCUT2D eigenvalue weighted by atomic mass is 9.99. The van der Waals surface area contributed by atoms with Gasteiger partial charge in [-0.2, -0.15) is 4.99 Å². The van der Waals surface area contributed by atoms with Gasteiger partial charge in [-0.15, -0.1) is 0 Å². The monoisotopic (exact) mass is 843 g/mol. The average Bonchev–Trinajstić information content (AvgIpc) is 3.13. The number of ether oxygens (including phenoxy) is 1. The van der Waals surface area contributed by atoms with Crippen LogP contribution in [0.15, 0.2) is 153 Å². The zero-order valence-electron chi connectivity index (χ0n) is 27.4. The van der Waals surface area contributed by atoms with Crippen LogP contribution in [0.4, 0.5) is 0 Å². The number of aliphatic imine (C=N–C) groups is 1. The van der Waals surface area contributed by atoms with Gasteiger partial charge in [0.15, 0.2) is 5.17 Å². The Bertz CT molecular complexity index is 1990. The normalized spacial score (nSPS) is 14.3. The van der Waals surface area contributed by atoms with Crippen molar-refractivity contribution in [3.8, 4) is 5.75 Å². The summed E-state index contributed by atoms with van der Waals surface area (Å²) in [5.41, 5.74) is 3.66. The molecule has 3 amide bonds. The highest BCUT2D eigenvalue weighted by molar-refractivity contribution is 9.11. The summed E-state index contributed by atoms with van der Waals surface area (Å²) in [5, 5.41) is 3.82. The molecule has 1 N–H and O–H groups in total. The molecule has 0 saturated heterocycles. The third-order valence-electron chi connectivity index (χ3n) is 7.54. The minimum absolute atomic E-state index is 0.0865. The summed E-state index contributed by atoms with van der Waals surface area (Å²) in [6.45, 7) is 5.80. The lowest BCUT2D eigenvalue weighted by Gasteiger charge is -2.28. The maximum Gasteiger partial charge on any atom is 0.285 e. The first-order valence-electron chi connectivity index (χ1n) is 15.7. The number of allylic oxidation sites excluding steroid dienone is 4. The molecule has 0 atom stereocenters. The number of halogens is 3. The molecule has 11 heteroatoms. The van der Waals surface area contributed by atoms with Crippen LogP contribution in [0.25, 0.3) is 6.08 Å². The highest BCUT2D eigenvalue weighted by Crippen LogP contribution is 2.37. The molecule has 0 saturated carbocycles. The highest BCUT2D eigenvalue weighted by Gasteiger charge is 2.35. The molecule has 1 aliphatic heterocycles. The minimum atomic E-state index is -0.718. The van der Waals surface area contributed by atoms with Gasteiger partial charge in [-0.1, -0.05) is 121 Å². The zero-order chi connectivity index (χ0) is 36.3. The second kappa shape index (κ2) is 18.1. The number of nitrogens with zero attached hydrogens (tertiary/aromatic N) is 2. The Hall–Kier alpha value is -4.48. The molecule has 0 spiro atoms. The summed E-state index contributed by atoms with van der Waals surface area (Å²) in [4.78, 5) is 46.6. The number of carbonyl (C=O) groups excluding carboxylic acids is 3. The van der Waals surface area contributed by atoms with E-state index in [2.05, 4.69) is 48.7 Å². The first-order chi connectivity index (χ1) is 24.7. The Morgan fingerprint density at radius 2 is 1.59 bits per heavy atom. The van der Waals surface area contributed by atoms with Crippen molar-refractivity contribution in [3.05, 3.63) is 175 Å². The molecule has 1 aliphatic rings. The zero-order valence-corrected chi connectivity index (χ0v) is 32.1. The quantitative estimate of drug-likeness (QED) is 0.0872. The van der Waals surface area contributed by atoms with Crippen LogP contribution in [0.1, 0.15) is 35.2 Å². The maximum atomic E-state index is 14.1. The third-order valence-corrected chi connectivity index (χ3v) is 9.91. The van der Waals surface area contributed by atoms with E-state index < -0.39 is 17.9 Å². The number of benzene rings is 4. The average molecular weight is 846 g/mol. The molecule has 0 bridgehead atoms. The van der Waals surface area contributed by atoms with Crippen molar-refractivity contribution < 1.29 is 19.1 Å². The topological polar surface area (TPSA) is 88.1 Å². The van der Waals surface area contributed by atoms with E-state index in [1.165, 1.54) is 11.0 Å². The van der Waals surface area contributed by atoms with E-state index in [-0.39, 0.29) is 22.4 Å². The summed E-state index contributed by atoms with van der Waals surface area (Å²) in [7, 11) is 0. The van der Waals surface area contributed by atoms with Gasteiger partial charge in [-0.3, -0.25) is 19.3 Å². The number of hydrogen-bond donors (Lipinski definition) is 1. The Balaban J connectivity index is 1.39. The van der Waals surface area contributed by atoms with Crippen molar-refractivity contribution in [3.63, 3.8) is 0 Å². The van der Waals surface area contributed by atoms with E-state index in [1.54, 1.807) is 55.5 Å². The van der Waals surface area contributed by atoms with Gasteiger partial charge in [0.05, 0.1) is 20.7 Å². The molecule has 258 valence electrons. The molecule has 4 aromatic carbocycles. The highest BCUT2D eigenvalue weighted by atomic mass is 79.9. The number of hydrogen-bond acceptors (Lipinski definition) is 5. The maximum absolute atomic E-state index is 14.1. The van der Waals surface area contributed by atoms with Crippen LogP contribution in [0.3, 0.4) is 0 Å². The molecule has 0 fully saturated rings. The Kier molecular flexibility index (Phi) is 13.4. The molecule has 0 radical (unpaired) electrons. The Morgan fingerprint density at radius 1 is 0.980 bits per heavy atom. The van der Waals surface area contributed by atoms with E-state index in [1.807, 2.05) is 72.8 Å². The van der Waals surface area contributed by atoms with Crippen LogP contribution in [0.2, 0.25) is 5.02 Å². The second-order valence-electron chi connectivity index (χ2n) is 11.0.